The fourth-order valence-corrected chi connectivity index (χ4v) is 1.14. The molecule has 0 bridgehead atoms. The van der Waals surface area contributed by atoms with E-state index in [9.17, 15) is 0 Å². The second kappa shape index (κ2) is 6.57. The van der Waals surface area contributed by atoms with Gasteiger partial charge in [-0.1, -0.05) is 37.3 Å². The molecule has 0 heterocycles. The van der Waals surface area contributed by atoms with Gasteiger partial charge in [-0.25, -0.2) is 0 Å². The van der Waals surface area contributed by atoms with E-state index < -0.39 is 0 Å². The van der Waals surface area contributed by atoms with E-state index in [1.165, 1.54) is 5.56 Å². The molecule has 0 radical (unpaired) electrons. The van der Waals surface area contributed by atoms with Gasteiger partial charge in [0.2, 0.25) is 0 Å². The van der Waals surface area contributed by atoms with Gasteiger partial charge in [-0.15, -0.1) is 0 Å². The van der Waals surface area contributed by atoms with Crippen molar-refractivity contribution in [3.05, 3.63) is 35.9 Å². The Labute approximate surface area is 85.5 Å². The lowest BCUT2D eigenvalue weighted by atomic mass is 10.1. The summed E-state index contributed by atoms with van der Waals surface area (Å²) in [7, 11) is 0. The maximum absolute atomic E-state index is 8.80. The maximum Gasteiger partial charge on any atom is 0.0716 e. The first kappa shape index (κ1) is 11.2. The highest BCUT2D eigenvalue weighted by molar-refractivity contribution is 5.13. The Morgan fingerprint density at radius 3 is 2.64 bits per heavy atom. The highest BCUT2D eigenvalue weighted by atomic mass is 16.5. The van der Waals surface area contributed by atoms with Crippen molar-refractivity contribution < 1.29 is 9.84 Å². The molecule has 0 aliphatic rings. The van der Waals surface area contributed by atoms with Crippen LogP contribution >= 0.6 is 0 Å². The van der Waals surface area contributed by atoms with Crippen molar-refractivity contribution in [3.8, 4) is 0 Å². The van der Waals surface area contributed by atoms with Gasteiger partial charge >= 0.3 is 0 Å². The lowest BCUT2D eigenvalue weighted by Gasteiger charge is -2.08. The summed E-state index contributed by atoms with van der Waals surface area (Å²) in [5.41, 5.74) is 1.20. The minimum absolute atomic E-state index is 0.245. The Kier molecular flexibility index (Phi) is 5.27. The molecule has 1 rings (SSSR count). The van der Waals surface area contributed by atoms with Gasteiger partial charge in [0.15, 0.2) is 0 Å². The molecule has 0 aliphatic heterocycles. The minimum Gasteiger partial charge on any atom is -0.396 e. The van der Waals surface area contributed by atoms with E-state index in [0.29, 0.717) is 12.5 Å². The number of aliphatic hydroxyl groups excluding tert-OH is 1. The van der Waals surface area contributed by atoms with Crippen molar-refractivity contribution >= 4 is 0 Å². The molecular weight excluding hydrogens is 176 g/mol. The molecule has 0 aliphatic carbocycles. The van der Waals surface area contributed by atoms with Crippen LogP contribution < -0.4 is 0 Å². The Hall–Kier alpha value is -0.860. The lowest BCUT2D eigenvalue weighted by molar-refractivity contribution is 0.0985. The SMILES string of the molecule is C[C@H](CO)CCOCc1ccccc1. The van der Waals surface area contributed by atoms with Crippen molar-refractivity contribution in [2.45, 2.75) is 20.0 Å². The van der Waals surface area contributed by atoms with Crippen molar-refractivity contribution in [2.75, 3.05) is 13.2 Å². The third kappa shape index (κ3) is 4.40. The molecule has 2 nitrogen and oxygen atoms in total. The predicted octanol–water partition coefficient (Wildman–Crippen LogP) is 2.22. The van der Waals surface area contributed by atoms with Crippen LogP contribution in [0.15, 0.2) is 30.3 Å². The zero-order valence-electron chi connectivity index (χ0n) is 8.65. The molecule has 0 fully saturated rings. The Bertz CT molecular complexity index is 233. The molecule has 0 saturated carbocycles. The van der Waals surface area contributed by atoms with Gasteiger partial charge in [0.1, 0.15) is 0 Å². The fourth-order valence-electron chi connectivity index (χ4n) is 1.14. The molecule has 1 aromatic rings. The van der Waals surface area contributed by atoms with Gasteiger partial charge in [0.25, 0.3) is 0 Å². The Morgan fingerprint density at radius 2 is 2.00 bits per heavy atom. The molecule has 1 atom stereocenters. The summed E-state index contributed by atoms with van der Waals surface area (Å²) in [5.74, 6) is 0.339. The van der Waals surface area contributed by atoms with Crippen LogP contribution in [0.5, 0.6) is 0 Å². The fraction of sp³-hybridized carbons (Fsp3) is 0.500. The minimum atomic E-state index is 0.245. The van der Waals surface area contributed by atoms with Gasteiger partial charge in [-0.2, -0.15) is 0 Å². The molecule has 0 amide bonds. The van der Waals surface area contributed by atoms with E-state index in [2.05, 4.69) is 12.1 Å². The quantitative estimate of drug-likeness (QED) is 0.704. The Morgan fingerprint density at radius 1 is 1.29 bits per heavy atom. The first-order valence-electron chi connectivity index (χ1n) is 5.05. The van der Waals surface area contributed by atoms with Crippen LogP contribution in [0.25, 0.3) is 0 Å². The number of rotatable bonds is 6. The summed E-state index contributed by atoms with van der Waals surface area (Å²) in [5, 5.41) is 8.80. The molecule has 0 spiro atoms. The van der Waals surface area contributed by atoms with Crippen LogP contribution in [0.4, 0.5) is 0 Å². The van der Waals surface area contributed by atoms with Gasteiger partial charge in [0, 0.05) is 13.2 Å². The van der Waals surface area contributed by atoms with E-state index >= 15 is 0 Å². The first-order chi connectivity index (χ1) is 6.83. The second-order valence-electron chi connectivity index (χ2n) is 3.61. The molecule has 0 aromatic heterocycles. The molecule has 1 aromatic carbocycles. The molecule has 2 heteroatoms. The van der Waals surface area contributed by atoms with Gasteiger partial charge in [0.05, 0.1) is 6.61 Å². The Balaban J connectivity index is 2.10. The smallest absolute Gasteiger partial charge is 0.0716 e. The number of ether oxygens (including phenoxy) is 1. The van der Waals surface area contributed by atoms with E-state index in [1.807, 2.05) is 25.1 Å². The van der Waals surface area contributed by atoms with E-state index in [1.54, 1.807) is 0 Å². The predicted molar refractivity (Wildman–Crippen MR) is 57.0 cm³/mol. The summed E-state index contributed by atoms with van der Waals surface area (Å²) < 4.78 is 5.48. The van der Waals surface area contributed by atoms with Crippen LogP contribution in [0, 0.1) is 5.92 Å². The lowest BCUT2D eigenvalue weighted by Crippen LogP contribution is -2.05. The summed E-state index contributed by atoms with van der Waals surface area (Å²) in [6.45, 7) is 3.65. The summed E-state index contributed by atoms with van der Waals surface area (Å²) in [4.78, 5) is 0. The highest BCUT2D eigenvalue weighted by Crippen LogP contribution is 2.04. The van der Waals surface area contributed by atoms with Crippen molar-refractivity contribution in [1.82, 2.24) is 0 Å². The third-order valence-corrected chi connectivity index (χ3v) is 2.18. The van der Waals surface area contributed by atoms with E-state index in [-0.39, 0.29) is 6.61 Å². The van der Waals surface area contributed by atoms with Gasteiger partial charge in [-0.05, 0) is 17.9 Å². The largest absolute Gasteiger partial charge is 0.396 e. The monoisotopic (exact) mass is 194 g/mol. The normalized spacial score (nSPS) is 12.7. The van der Waals surface area contributed by atoms with Crippen LogP contribution in [0.2, 0.25) is 0 Å². The molecular formula is C12H18O2. The molecule has 0 unspecified atom stereocenters. The highest BCUT2D eigenvalue weighted by Gasteiger charge is 1.99. The molecule has 78 valence electrons. The number of aliphatic hydroxyl groups is 1. The molecule has 1 N–H and O–H groups in total. The standard InChI is InChI=1S/C12H18O2/c1-11(9-13)7-8-14-10-12-5-3-2-4-6-12/h2-6,11,13H,7-10H2,1H3/t11-/m0/s1. The average Bonchev–Trinajstić information content (AvgIpc) is 2.25. The topological polar surface area (TPSA) is 29.5 Å². The summed E-state index contributed by atoms with van der Waals surface area (Å²) in [6, 6.07) is 10.1. The van der Waals surface area contributed by atoms with Crippen molar-refractivity contribution in [3.63, 3.8) is 0 Å². The zero-order chi connectivity index (χ0) is 10.2. The zero-order valence-corrected chi connectivity index (χ0v) is 8.65. The number of benzene rings is 1. The van der Waals surface area contributed by atoms with Crippen molar-refractivity contribution in [2.24, 2.45) is 5.92 Å². The average molecular weight is 194 g/mol. The second-order valence-corrected chi connectivity index (χ2v) is 3.61. The van der Waals surface area contributed by atoms with Crippen LogP contribution in [-0.2, 0) is 11.3 Å². The van der Waals surface area contributed by atoms with E-state index in [0.717, 1.165) is 13.0 Å². The first-order valence-corrected chi connectivity index (χ1v) is 5.05. The van der Waals surface area contributed by atoms with Crippen LogP contribution in [0.1, 0.15) is 18.9 Å². The van der Waals surface area contributed by atoms with E-state index in [4.69, 9.17) is 9.84 Å². The number of hydrogen-bond donors (Lipinski definition) is 1. The molecule has 14 heavy (non-hydrogen) atoms. The van der Waals surface area contributed by atoms with Gasteiger partial charge in [-0.3, -0.25) is 0 Å². The van der Waals surface area contributed by atoms with Crippen molar-refractivity contribution in [1.29, 1.82) is 0 Å². The van der Waals surface area contributed by atoms with Gasteiger partial charge < -0.3 is 9.84 Å². The van der Waals surface area contributed by atoms with Crippen LogP contribution in [-0.4, -0.2) is 18.3 Å². The number of hydrogen-bond acceptors (Lipinski definition) is 2. The van der Waals surface area contributed by atoms with Crippen LogP contribution in [0.3, 0.4) is 0 Å². The maximum atomic E-state index is 8.80. The molecule has 0 saturated heterocycles. The summed E-state index contributed by atoms with van der Waals surface area (Å²) in [6.07, 6.45) is 0.920. The summed E-state index contributed by atoms with van der Waals surface area (Å²) >= 11 is 0. The third-order valence-electron chi connectivity index (χ3n) is 2.18.